The smallest absolute Gasteiger partial charge is 0.373 e. The van der Waals surface area contributed by atoms with Crippen molar-refractivity contribution >= 4 is 34.7 Å². The fraction of sp³-hybridized carbons (Fsp3) is 0.932. The molecule has 0 bridgehead atoms. The van der Waals surface area contributed by atoms with Crippen molar-refractivity contribution in [1.82, 2.24) is 0 Å². The molecule has 50 heteroatoms. The van der Waals surface area contributed by atoms with E-state index in [0.717, 1.165) is 0 Å². The molecule has 18 aliphatic rings. The standard InChI is InChI=1S/4C15H21F3O5.2C14H18F4O5/c4*1-8-6-14(7-22-14)12(11(20-3)10(8)19)13(2)9(23-13)4-5-21-15(16,17)18;2*1-12(8(23-12)3-4-21-14(16,17)18)11-10(20-2)9(19)7(15)5-13(11)6-22-13/h4*8-9,11-12H,4-7H2,1-3H3;2*7-8,10-11H,3-6H2,1-2H3/t2*8-,9+,11+,12+,13-,14-;2*8-,9-,11-,12-,13+,14+;7-,8+,10+,11+,12-,13-;7-,8-,10-,11-,12+,13+/m001101/s1. The van der Waals surface area contributed by atoms with Crippen LogP contribution in [0.1, 0.15) is 146 Å². The summed E-state index contributed by atoms with van der Waals surface area (Å²) in [4.78, 5) is 73.6. The molecule has 0 unspecified atom stereocenters. The normalized spacial score (nSPS) is 46.3. The number of alkyl halides is 20. The van der Waals surface area contributed by atoms with Gasteiger partial charge >= 0.3 is 38.2 Å². The summed E-state index contributed by atoms with van der Waals surface area (Å²) >= 11 is 0. The van der Waals surface area contributed by atoms with Crippen molar-refractivity contribution in [2.24, 2.45) is 59.2 Å². The summed E-state index contributed by atoms with van der Waals surface area (Å²) < 4.78 is 367. The van der Waals surface area contributed by atoms with Gasteiger partial charge in [-0.15, -0.1) is 79.0 Å². The highest BCUT2D eigenvalue weighted by molar-refractivity contribution is 5.91. The molecular weight excluding hydrogens is 1920 g/mol. The summed E-state index contributed by atoms with van der Waals surface area (Å²) in [6.07, 6.45) is -35.8. The lowest BCUT2D eigenvalue weighted by Gasteiger charge is -2.40. The molecule has 6 saturated carbocycles. The summed E-state index contributed by atoms with van der Waals surface area (Å²) in [7, 11) is 8.48. The van der Waals surface area contributed by atoms with Crippen molar-refractivity contribution in [3.05, 3.63) is 0 Å². The third-order valence-corrected chi connectivity index (χ3v) is 31.2. The van der Waals surface area contributed by atoms with Crippen LogP contribution in [0.2, 0.25) is 0 Å². The molecular formula is C88H120F20O30. The highest BCUT2D eigenvalue weighted by Crippen LogP contribution is 2.67. The summed E-state index contributed by atoms with van der Waals surface area (Å²) in [6, 6.07) is 0. The molecule has 792 valence electrons. The van der Waals surface area contributed by atoms with Gasteiger partial charge in [-0.25, -0.2) is 8.78 Å². The molecule has 18 fully saturated rings. The molecule has 0 aromatic heterocycles. The quantitative estimate of drug-likeness (QED) is 0.0476. The Labute approximate surface area is 780 Å². The molecule has 18 rings (SSSR count). The van der Waals surface area contributed by atoms with Crippen molar-refractivity contribution in [3.8, 4) is 0 Å². The minimum atomic E-state index is -4.69. The van der Waals surface area contributed by atoms with Crippen LogP contribution in [0.4, 0.5) is 87.8 Å². The van der Waals surface area contributed by atoms with E-state index in [4.69, 9.17) is 85.3 Å². The van der Waals surface area contributed by atoms with E-state index in [2.05, 4.69) is 28.4 Å². The van der Waals surface area contributed by atoms with Crippen LogP contribution in [0.25, 0.3) is 0 Å². The van der Waals surface area contributed by atoms with Gasteiger partial charge in [0, 0.05) is 118 Å². The molecule has 12 aliphatic heterocycles. The molecule has 12 heterocycles. The van der Waals surface area contributed by atoms with Crippen LogP contribution >= 0.6 is 0 Å². The van der Waals surface area contributed by atoms with E-state index >= 15 is 0 Å². The lowest BCUT2D eigenvalue weighted by Crippen LogP contribution is -2.56. The third kappa shape index (κ3) is 23.7. The molecule has 0 amide bonds. The predicted octanol–water partition coefficient (Wildman–Crippen LogP) is 11.9. The first-order valence-corrected chi connectivity index (χ1v) is 45.6. The van der Waals surface area contributed by atoms with Gasteiger partial charge in [-0.3, -0.25) is 57.2 Å². The van der Waals surface area contributed by atoms with Crippen molar-refractivity contribution in [2.75, 3.05) is 122 Å². The average molecular weight is 2040 g/mol. The molecule has 36 atom stereocenters. The van der Waals surface area contributed by atoms with Crippen LogP contribution in [-0.2, 0) is 142 Å². The first kappa shape index (κ1) is 111. The van der Waals surface area contributed by atoms with Crippen LogP contribution in [0.15, 0.2) is 0 Å². The van der Waals surface area contributed by atoms with E-state index in [1.807, 2.05) is 55.4 Å². The van der Waals surface area contributed by atoms with E-state index in [1.165, 1.54) is 42.7 Å². The van der Waals surface area contributed by atoms with Crippen molar-refractivity contribution in [1.29, 1.82) is 0 Å². The van der Waals surface area contributed by atoms with Gasteiger partial charge in [-0.2, -0.15) is 0 Å². The van der Waals surface area contributed by atoms with Crippen LogP contribution < -0.4 is 0 Å². The number of hydrogen-bond donors (Lipinski definition) is 0. The second-order valence-corrected chi connectivity index (χ2v) is 40.3. The van der Waals surface area contributed by atoms with E-state index in [1.54, 1.807) is 13.8 Å². The summed E-state index contributed by atoms with van der Waals surface area (Å²) in [6.45, 7) is 17.8. The van der Waals surface area contributed by atoms with Gasteiger partial charge in [-0.05, 0) is 67.2 Å². The van der Waals surface area contributed by atoms with Gasteiger partial charge in [0.1, 0.15) is 104 Å². The minimum Gasteiger partial charge on any atom is -0.373 e. The zero-order valence-electron chi connectivity index (χ0n) is 78.6. The Morgan fingerprint density at radius 3 is 0.500 bits per heavy atom. The number of rotatable bonds is 30. The van der Waals surface area contributed by atoms with Gasteiger partial charge in [-0.1, -0.05) is 27.7 Å². The number of carbonyl (C=O) groups excluding carboxylic acids is 6. The maximum absolute atomic E-state index is 13.9. The van der Waals surface area contributed by atoms with E-state index in [9.17, 15) is 117 Å². The first-order chi connectivity index (χ1) is 63.8. The fourth-order valence-electron chi connectivity index (χ4n) is 24.0. The largest absolute Gasteiger partial charge is 0.522 e. The molecule has 0 N–H and O–H groups in total. The number of hydrogen-bond acceptors (Lipinski definition) is 30. The lowest BCUT2D eigenvalue weighted by molar-refractivity contribution is -0.325. The number of ketones is 6. The third-order valence-electron chi connectivity index (χ3n) is 31.2. The summed E-state index contributed by atoms with van der Waals surface area (Å²) in [5.41, 5.74) is -8.14. The molecule has 138 heavy (non-hydrogen) atoms. The fourth-order valence-corrected chi connectivity index (χ4v) is 24.0. The van der Waals surface area contributed by atoms with Crippen LogP contribution in [0, 0.1) is 59.2 Å². The Kier molecular flexibility index (Phi) is 31.6. The van der Waals surface area contributed by atoms with Gasteiger partial charge in [0.25, 0.3) is 0 Å². The Morgan fingerprint density at radius 2 is 0.377 bits per heavy atom. The predicted molar refractivity (Wildman–Crippen MR) is 421 cm³/mol. The number of carbonyl (C=O) groups is 6. The van der Waals surface area contributed by atoms with Gasteiger partial charge < -0.3 is 85.3 Å². The second kappa shape index (κ2) is 39.4. The molecule has 6 aliphatic carbocycles. The van der Waals surface area contributed by atoms with Crippen molar-refractivity contribution < 1.29 is 230 Å². The Balaban J connectivity index is 0.000000140. The monoisotopic (exact) mass is 2040 g/mol. The maximum atomic E-state index is 13.9. The zero-order chi connectivity index (χ0) is 102. The number of Topliss-reactive ketones (excluding diaryl/α,β-unsaturated/α-hetero) is 6. The number of methoxy groups -OCH3 is 6. The molecule has 30 nitrogen and oxygen atoms in total. The van der Waals surface area contributed by atoms with E-state index < -0.39 is 254 Å². The van der Waals surface area contributed by atoms with E-state index in [-0.39, 0.29) is 135 Å². The van der Waals surface area contributed by atoms with E-state index in [0.29, 0.717) is 52.1 Å². The van der Waals surface area contributed by atoms with Crippen LogP contribution in [0.5, 0.6) is 0 Å². The highest BCUT2D eigenvalue weighted by atomic mass is 19.4. The number of epoxide rings is 12. The number of halogens is 20. The Morgan fingerprint density at radius 1 is 0.246 bits per heavy atom. The molecule has 6 spiro atoms. The lowest BCUT2D eigenvalue weighted by atomic mass is 9.66. The van der Waals surface area contributed by atoms with Crippen molar-refractivity contribution in [3.63, 3.8) is 0 Å². The minimum absolute atomic E-state index is 0.000594. The summed E-state index contributed by atoms with van der Waals surface area (Å²) in [5.74, 6) is -4.28. The SMILES string of the molecule is CO[C@@H]1C(=O)[C@@H](C)C[C@]2(CO2)[C@H]1[C@@]1(C)O[C@@H]1CCOC(F)(F)F.CO[C@@H]1C(=O)[C@@H](C)C[C@]2(CO2)[C@H]1[C@@]1(C)O[C@@H]1CCOC(F)(F)F.CO[C@@H]1C(=O)[C@@H](F)C[C@]2(CO2)[C@H]1[C@@]1(C)O[C@@H]1CCOC(F)(F)F.CO[C@@H]1C(=O)[C@H](C)C[C@]2(CO2)[C@H]1[C@@]1(C)O[C@@H]1CCOC(F)(F)F.CO[C@@H]1C(=O)[C@H](C)C[C@]2(CO2)[C@H]1[C@@]1(C)O[C@@H]1CCOC(F)(F)F.CO[C@@H]1C(=O)[C@H](F)C[C@]2(CO2)[C@H]1[C@@]1(C)O[C@@H]1CCOC(F)(F)F. The molecule has 0 aromatic carbocycles. The van der Waals surface area contributed by atoms with Crippen LogP contribution in [-0.4, -0.2) is 348 Å². The number of ether oxygens (including phenoxy) is 24. The molecule has 0 aromatic rings. The van der Waals surface area contributed by atoms with Gasteiger partial charge in [0.15, 0.2) is 47.0 Å². The summed E-state index contributed by atoms with van der Waals surface area (Å²) in [5, 5.41) is 0. The first-order valence-electron chi connectivity index (χ1n) is 45.6. The zero-order valence-corrected chi connectivity index (χ0v) is 78.6. The second-order valence-electron chi connectivity index (χ2n) is 40.3. The van der Waals surface area contributed by atoms with Gasteiger partial charge in [0.2, 0.25) is 0 Å². The molecule has 12 saturated heterocycles. The topological polar surface area (TPSA) is 364 Å². The average Bonchev–Trinajstić information content (AvgIpc) is 1.55. The van der Waals surface area contributed by atoms with Crippen molar-refractivity contribution in [2.45, 2.75) is 337 Å². The van der Waals surface area contributed by atoms with Gasteiger partial charge in [0.05, 0.1) is 151 Å². The maximum Gasteiger partial charge on any atom is 0.522 e. The highest BCUT2D eigenvalue weighted by Gasteiger charge is 2.80. The Bertz CT molecular complexity index is 3630. The van der Waals surface area contributed by atoms with Crippen LogP contribution in [0.3, 0.4) is 0 Å². The Hall–Kier alpha value is -4.34. The molecule has 0 radical (unpaired) electrons.